The minimum atomic E-state index is -3.37. The number of sulfonamides is 1. The van der Waals surface area contributed by atoms with Crippen LogP contribution in [0.2, 0.25) is 0 Å². The van der Waals surface area contributed by atoms with E-state index in [0.29, 0.717) is 23.4 Å². The number of piperidine rings is 1. The summed E-state index contributed by atoms with van der Waals surface area (Å²) >= 11 is 0. The Kier molecular flexibility index (Phi) is 5.41. The number of benzene rings is 1. The summed E-state index contributed by atoms with van der Waals surface area (Å²) in [5.41, 5.74) is 1.06. The zero-order valence-electron chi connectivity index (χ0n) is 13.2. The molecule has 0 bridgehead atoms. The predicted octanol–water partition coefficient (Wildman–Crippen LogP) is 2.39. The Bertz CT molecular complexity index is 544. The summed E-state index contributed by atoms with van der Waals surface area (Å²) in [5, 5.41) is 0. The molecule has 0 spiro atoms. The minimum absolute atomic E-state index is 0.354. The number of nitrogens with one attached hydrogen (secondary N) is 1. The third-order valence-electron chi connectivity index (χ3n) is 4.27. The molecule has 118 valence electrons. The van der Waals surface area contributed by atoms with E-state index >= 15 is 0 Å². The van der Waals surface area contributed by atoms with Gasteiger partial charge < -0.3 is 4.90 Å². The quantitative estimate of drug-likeness (QED) is 0.908. The number of aryl methyl sites for hydroxylation is 1. The van der Waals surface area contributed by atoms with Crippen LogP contribution in [0.3, 0.4) is 0 Å². The van der Waals surface area contributed by atoms with Gasteiger partial charge in [-0.1, -0.05) is 17.7 Å². The van der Waals surface area contributed by atoms with Crippen LogP contribution < -0.4 is 4.72 Å². The Hall–Kier alpha value is -0.910. The van der Waals surface area contributed by atoms with Crippen LogP contribution in [0.1, 0.15) is 32.3 Å². The zero-order valence-corrected chi connectivity index (χ0v) is 14.0. The van der Waals surface area contributed by atoms with E-state index in [-0.39, 0.29) is 0 Å². The van der Waals surface area contributed by atoms with Gasteiger partial charge in [0.2, 0.25) is 10.0 Å². The van der Waals surface area contributed by atoms with Gasteiger partial charge in [0.1, 0.15) is 0 Å². The van der Waals surface area contributed by atoms with Gasteiger partial charge in [0, 0.05) is 12.6 Å². The maximum absolute atomic E-state index is 12.2. The highest BCUT2D eigenvalue weighted by Crippen LogP contribution is 2.19. The van der Waals surface area contributed by atoms with Gasteiger partial charge >= 0.3 is 0 Å². The summed E-state index contributed by atoms with van der Waals surface area (Å²) in [6.07, 6.45) is 2.13. The summed E-state index contributed by atoms with van der Waals surface area (Å²) in [6, 6.07) is 7.57. The Balaban J connectivity index is 1.87. The third-order valence-corrected chi connectivity index (χ3v) is 5.71. The standard InChI is InChI=1S/C16H26N2O2S/c1-13(2)18-10-8-15(9-11-18)12-17-21(19,20)16-6-4-14(3)5-7-16/h4-7,13,15,17H,8-12H2,1-3H3. The molecule has 1 fully saturated rings. The third kappa shape index (κ3) is 4.53. The first-order valence-electron chi connectivity index (χ1n) is 7.69. The maximum atomic E-state index is 12.2. The Morgan fingerprint density at radius 2 is 1.76 bits per heavy atom. The molecule has 1 aromatic rings. The molecule has 0 aliphatic carbocycles. The molecule has 1 aliphatic heterocycles. The minimum Gasteiger partial charge on any atom is -0.301 e. The van der Waals surface area contributed by atoms with E-state index in [2.05, 4.69) is 23.5 Å². The molecule has 1 saturated heterocycles. The Morgan fingerprint density at radius 3 is 2.29 bits per heavy atom. The van der Waals surface area contributed by atoms with Crippen molar-refractivity contribution in [2.24, 2.45) is 5.92 Å². The van der Waals surface area contributed by atoms with Crippen LogP contribution in [0.15, 0.2) is 29.2 Å². The second kappa shape index (κ2) is 6.90. The van der Waals surface area contributed by atoms with Crippen molar-refractivity contribution >= 4 is 10.0 Å². The highest BCUT2D eigenvalue weighted by molar-refractivity contribution is 7.89. The van der Waals surface area contributed by atoms with Gasteiger partial charge in [-0.15, -0.1) is 0 Å². The van der Waals surface area contributed by atoms with Gasteiger partial charge in [-0.05, 0) is 64.8 Å². The summed E-state index contributed by atoms with van der Waals surface area (Å²) in [5.74, 6) is 0.445. The molecule has 0 amide bonds. The van der Waals surface area contributed by atoms with E-state index in [9.17, 15) is 8.42 Å². The van der Waals surface area contributed by atoms with Crippen LogP contribution in [-0.4, -0.2) is 39.0 Å². The molecule has 2 rings (SSSR count). The first-order valence-corrected chi connectivity index (χ1v) is 9.17. The summed E-state index contributed by atoms with van der Waals surface area (Å²) in [6.45, 7) is 9.04. The van der Waals surface area contributed by atoms with E-state index in [1.54, 1.807) is 12.1 Å². The Morgan fingerprint density at radius 1 is 1.19 bits per heavy atom. The molecular weight excluding hydrogens is 284 g/mol. The van der Waals surface area contributed by atoms with Crippen molar-refractivity contribution in [2.75, 3.05) is 19.6 Å². The molecule has 0 unspecified atom stereocenters. The monoisotopic (exact) mass is 310 g/mol. The van der Waals surface area contributed by atoms with Crippen LogP contribution in [0, 0.1) is 12.8 Å². The second-order valence-corrected chi connectivity index (χ2v) is 8.00. The van der Waals surface area contributed by atoms with Gasteiger partial charge in [0.05, 0.1) is 4.90 Å². The van der Waals surface area contributed by atoms with Crippen LogP contribution >= 0.6 is 0 Å². The molecule has 1 aromatic carbocycles. The molecule has 4 nitrogen and oxygen atoms in total. The fraction of sp³-hybridized carbons (Fsp3) is 0.625. The van der Waals surface area contributed by atoms with Crippen LogP contribution in [0.25, 0.3) is 0 Å². The Labute approximate surface area is 128 Å². The van der Waals surface area contributed by atoms with E-state index in [1.807, 2.05) is 19.1 Å². The SMILES string of the molecule is Cc1ccc(S(=O)(=O)NCC2CCN(C(C)C)CC2)cc1. The summed E-state index contributed by atoms with van der Waals surface area (Å²) in [4.78, 5) is 2.80. The van der Waals surface area contributed by atoms with Crippen LogP contribution in [0.5, 0.6) is 0 Å². The smallest absolute Gasteiger partial charge is 0.240 e. The highest BCUT2D eigenvalue weighted by Gasteiger charge is 2.22. The van der Waals surface area contributed by atoms with E-state index in [0.717, 1.165) is 31.5 Å². The van der Waals surface area contributed by atoms with Gasteiger partial charge in [-0.2, -0.15) is 0 Å². The fourth-order valence-corrected chi connectivity index (χ4v) is 3.82. The van der Waals surface area contributed by atoms with E-state index < -0.39 is 10.0 Å². The largest absolute Gasteiger partial charge is 0.301 e. The molecular formula is C16H26N2O2S. The average Bonchev–Trinajstić information content (AvgIpc) is 2.46. The van der Waals surface area contributed by atoms with Crippen molar-refractivity contribution in [3.05, 3.63) is 29.8 Å². The molecule has 1 N–H and O–H groups in total. The van der Waals surface area contributed by atoms with Gasteiger partial charge in [0.25, 0.3) is 0 Å². The summed E-state index contributed by atoms with van der Waals surface area (Å²) in [7, 11) is -3.37. The molecule has 1 heterocycles. The van der Waals surface area contributed by atoms with Crippen molar-refractivity contribution in [1.82, 2.24) is 9.62 Å². The molecule has 21 heavy (non-hydrogen) atoms. The number of hydrogen-bond acceptors (Lipinski definition) is 3. The topological polar surface area (TPSA) is 49.4 Å². The van der Waals surface area contributed by atoms with Crippen LogP contribution in [-0.2, 0) is 10.0 Å². The fourth-order valence-electron chi connectivity index (χ4n) is 2.70. The number of rotatable bonds is 5. The first kappa shape index (κ1) is 16.5. The number of hydrogen-bond donors (Lipinski definition) is 1. The van der Waals surface area contributed by atoms with Crippen molar-refractivity contribution in [2.45, 2.75) is 44.6 Å². The average molecular weight is 310 g/mol. The normalized spacial score (nSPS) is 18.3. The molecule has 1 aliphatic rings. The highest BCUT2D eigenvalue weighted by atomic mass is 32.2. The van der Waals surface area contributed by atoms with E-state index in [1.165, 1.54) is 0 Å². The van der Waals surface area contributed by atoms with Gasteiger partial charge in [-0.3, -0.25) is 0 Å². The molecule has 0 aromatic heterocycles. The zero-order chi connectivity index (χ0) is 15.5. The van der Waals surface area contributed by atoms with Crippen molar-refractivity contribution in [3.8, 4) is 0 Å². The molecule has 0 atom stereocenters. The van der Waals surface area contributed by atoms with Crippen molar-refractivity contribution in [3.63, 3.8) is 0 Å². The van der Waals surface area contributed by atoms with Gasteiger partial charge in [-0.25, -0.2) is 13.1 Å². The van der Waals surface area contributed by atoms with Crippen molar-refractivity contribution in [1.29, 1.82) is 0 Å². The molecule has 0 radical (unpaired) electrons. The lowest BCUT2D eigenvalue weighted by atomic mass is 9.96. The lowest BCUT2D eigenvalue weighted by molar-refractivity contribution is 0.151. The lowest BCUT2D eigenvalue weighted by Gasteiger charge is -2.34. The predicted molar refractivity (Wildman–Crippen MR) is 85.8 cm³/mol. The number of nitrogens with zero attached hydrogens (tertiary/aromatic N) is 1. The number of likely N-dealkylation sites (tertiary alicyclic amines) is 1. The maximum Gasteiger partial charge on any atom is 0.240 e. The molecule has 5 heteroatoms. The van der Waals surface area contributed by atoms with E-state index in [4.69, 9.17) is 0 Å². The first-order chi connectivity index (χ1) is 9.88. The van der Waals surface area contributed by atoms with Gasteiger partial charge in [0.15, 0.2) is 0 Å². The lowest BCUT2D eigenvalue weighted by Crippen LogP contribution is -2.41. The van der Waals surface area contributed by atoms with Crippen LogP contribution in [0.4, 0.5) is 0 Å². The van der Waals surface area contributed by atoms with Crippen molar-refractivity contribution < 1.29 is 8.42 Å². The second-order valence-electron chi connectivity index (χ2n) is 6.24. The summed E-state index contributed by atoms with van der Waals surface area (Å²) < 4.78 is 27.2. The molecule has 0 saturated carbocycles.